The molecule has 0 aliphatic carbocycles. The highest BCUT2D eigenvalue weighted by atomic mass is 16.2. The molecule has 0 saturated carbocycles. The van der Waals surface area contributed by atoms with Gasteiger partial charge in [0.15, 0.2) is 0 Å². The van der Waals surface area contributed by atoms with Crippen LogP contribution in [0.3, 0.4) is 0 Å². The van der Waals surface area contributed by atoms with Gasteiger partial charge in [-0.1, -0.05) is 5.21 Å². The van der Waals surface area contributed by atoms with Crippen LogP contribution in [-0.2, 0) is 17.9 Å². The quantitative estimate of drug-likeness (QED) is 0.801. The third-order valence-electron chi connectivity index (χ3n) is 4.59. The van der Waals surface area contributed by atoms with Crippen molar-refractivity contribution in [2.24, 2.45) is 5.73 Å². The van der Waals surface area contributed by atoms with Gasteiger partial charge in [0.2, 0.25) is 5.91 Å². The fourth-order valence-electron chi connectivity index (χ4n) is 3.28. The Balaban J connectivity index is 1.62. The number of carbonyl (C=O) groups excluding carboxylic acids is 1. The molecule has 20 heavy (non-hydrogen) atoms. The summed E-state index contributed by atoms with van der Waals surface area (Å²) < 4.78 is 1.58. The largest absolute Gasteiger partial charge is 0.339 e. The van der Waals surface area contributed by atoms with Gasteiger partial charge in [-0.25, -0.2) is 4.68 Å². The molecule has 3 heterocycles. The number of hydrogen-bond donors (Lipinski definition) is 1. The zero-order valence-corrected chi connectivity index (χ0v) is 11.9. The summed E-state index contributed by atoms with van der Waals surface area (Å²) in [5.74, 6) is 0.124. The molecule has 0 spiro atoms. The molecular formula is C13H22N6O. The van der Waals surface area contributed by atoms with Crippen LogP contribution in [0.15, 0.2) is 6.20 Å². The minimum absolute atomic E-state index is 0.124. The van der Waals surface area contributed by atoms with E-state index in [9.17, 15) is 4.79 Å². The summed E-state index contributed by atoms with van der Waals surface area (Å²) in [6.45, 7) is 2.30. The molecule has 2 atom stereocenters. The Morgan fingerprint density at radius 1 is 1.40 bits per heavy atom. The first-order valence-electron chi connectivity index (χ1n) is 7.26. The van der Waals surface area contributed by atoms with E-state index in [1.165, 1.54) is 12.8 Å². The fourth-order valence-corrected chi connectivity index (χ4v) is 3.28. The van der Waals surface area contributed by atoms with E-state index >= 15 is 0 Å². The summed E-state index contributed by atoms with van der Waals surface area (Å²) in [7, 11) is 2.18. The summed E-state index contributed by atoms with van der Waals surface area (Å²) >= 11 is 0. The van der Waals surface area contributed by atoms with Crippen LogP contribution in [0.5, 0.6) is 0 Å². The number of nitrogens with zero attached hydrogens (tertiary/aromatic N) is 5. The van der Waals surface area contributed by atoms with Crippen molar-refractivity contribution in [2.45, 2.75) is 44.4 Å². The van der Waals surface area contributed by atoms with Gasteiger partial charge in [-0.05, 0) is 26.3 Å². The Morgan fingerprint density at radius 3 is 2.95 bits per heavy atom. The SMILES string of the molecule is CN1C2CCC1CN(C(=O)Cn1cc(CN)nn1)CC2. The van der Waals surface area contributed by atoms with Gasteiger partial charge < -0.3 is 10.6 Å². The van der Waals surface area contributed by atoms with Gasteiger partial charge in [-0.3, -0.25) is 9.69 Å². The van der Waals surface area contributed by atoms with Crippen LogP contribution in [0.2, 0.25) is 0 Å². The normalized spacial score (nSPS) is 26.8. The van der Waals surface area contributed by atoms with Gasteiger partial charge in [0, 0.05) is 31.7 Å². The number of fused-ring (bicyclic) bond motifs is 2. The number of likely N-dealkylation sites (N-methyl/N-ethyl adjacent to an activating group) is 1. The summed E-state index contributed by atoms with van der Waals surface area (Å²) in [5, 5.41) is 7.85. The molecule has 3 rings (SSSR count). The Bertz CT molecular complexity index is 487. The highest BCUT2D eigenvalue weighted by Gasteiger charge is 2.35. The van der Waals surface area contributed by atoms with Crippen molar-refractivity contribution in [3.63, 3.8) is 0 Å². The molecule has 1 aromatic heterocycles. The van der Waals surface area contributed by atoms with E-state index in [1.807, 2.05) is 4.90 Å². The van der Waals surface area contributed by atoms with Crippen LogP contribution >= 0.6 is 0 Å². The lowest BCUT2D eigenvalue weighted by Crippen LogP contribution is -2.41. The Kier molecular flexibility index (Phi) is 3.71. The molecule has 0 aromatic carbocycles. The molecule has 0 radical (unpaired) electrons. The first kappa shape index (κ1) is 13.5. The van der Waals surface area contributed by atoms with Gasteiger partial charge in [0.1, 0.15) is 6.54 Å². The first-order valence-corrected chi connectivity index (χ1v) is 7.26. The van der Waals surface area contributed by atoms with E-state index in [0.717, 1.165) is 19.5 Å². The minimum Gasteiger partial charge on any atom is -0.339 e. The highest BCUT2D eigenvalue weighted by molar-refractivity contribution is 5.76. The molecule has 2 saturated heterocycles. The second-order valence-corrected chi connectivity index (χ2v) is 5.79. The topological polar surface area (TPSA) is 80.3 Å². The minimum atomic E-state index is 0.124. The van der Waals surface area contributed by atoms with Crippen LogP contribution in [-0.4, -0.2) is 62.9 Å². The van der Waals surface area contributed by atoms with E-state index < -0.39 is 0 Å². The summed E-state index contributed by atoms with van der Waals surface area (Å²) in [5.41, 5.74) is 6.21. The third kappa shape index (κ3) is 2.55. The van der Waals surface area contributed by atoms with E-state index in [4.69, 9.17) is 5.73 Å². The molecule has 110 valence electrons. The van der Waals surface area contributed by atoms with Gasteiger partial charge in [0.25, 0.3) is 0 Å². The predicted octanol–water partition coefficient (Wildman–Crippen LogP) is -0.568. The maximum absolute atomic E-state index is 12.4. The number of carbonyl (C=O) groups is 1. The fraction of sp³-hybridized carbons (Fsp3) is 0.769. The number of rotatable bonds is 3. The number of amides is 1. The highest BCUT2D eigenvalue weighted by Crippen LogP contribution is 2.28. The lowest BCUT2D eigenvalue weighted by molar-refractivity contribution is -0.132. The predicted molar refractivity (Wildman–Crippen MR) is 73.7 cm³/mol. The standard InChI is InChI=1S/C13H22N6O/c1-17-11-2-3-12(17)8-18(5-4-11)13(20)9-19-7-10(6-14)15-16-19/h7,11-12H,2-6,8-9,14H2,1H3. The summed E-state index contributed by atoms with van der Waals surface area (Å²) in [6, 6.07) is 1.16. The average Bonchev–Trinajstić information content (AvgIpc) is 2.95. The average molecular weight is 278 g/mol. The van der Waals surface area contributed by atoms with Crippen LogP contribution in [0.25, 0.3) is 0 Å². The van der Waals surface area contributed by atoms with Gasteiger partial charge in [-0.15, -0.1) is 5.10 Å². The molecule has 2 bridgehead atoms. The zero-order valence-electron chi connectivity index (χ0n) is 11.9. The second-order valence-electron chi connectivity index (χ2n) is 5.79. The van der Waals surface area contributed by atoms with Crippen LogP contribution in [0, 0.1) is 0 Å². The molecule has 1 amide bonds. The van der Waals surface area contributed by atoms with Gasteiger partial charge in [0.05, 0.1) is 11.9 Å². The van der Waals surface area contributed by atoms with Gasteiger partial charge >= 0.3 is 0 Å². The zero-order chi connectivity index (χ0) is 14.1. The van der Waals surface area contributed by atoms with Crippen molar-refractivity contribution in [1.82, 2.24) is 24.8 Å². The van der Waals surface area contributed by atoms with Crippen molar-refractivity contribution in [3.8, 4) is 0 Å². The lowest BCUT2D eigenvalue weighted by atomic mass is 10.1. The van der Waals surface area contributed by atoms with Crippen LogP contribution < -0.4 is 5.73 Å². The molecule has 2 unspecified atom stereocenters. The molecule has 7 nitrogen and oxygen atoms in total. The maximum Gasteiger partial charge on any atom is 0.244 e. The molecule has 2 aliphatic heterocycles. The van der Waals surface area contributed by atoms with Crippen molar-refractivity contribution in [1.29, 1.82) is 0 Å². The Labute approximate surface area is 118 Å². The Morgan fingerprint density at radius 2 is 2.20 bits per heavy atom. The molecule has 2 aliphatic rings. The lowest BCUT2D eigenvalue weighted by Gasteiger charge is -2.25. The van der Waals surface area contributed by atoms with Gasteiger partial charge in [-0.2, -0.15) is 0 Å². The number of likely N-dealkylation sites (tertiary alicyclic amines) is 1. The van der Waals surface area contributed by atoms with E-state index in [0.29, 0.717) is 24.3 Å². The molecule has 2 N–H and O–H groups in total. The van der Waals surface area contributed by atoms with Crippen molar-refractivity contribution in [2.75, 3.05) is 20.1 Å². The van der Waals surface area contributed by atoms with Crippen LogP contribution in [0.4, 0.5) is 0 Å². The van der Waals surface area contributed by atoms with Crippen molar-refractivity contribution < 1.29 is 4.79 Å². The van der Waals surface area contributed by atoms with E-state index in [1.54, 1.807) is 10.9 Å². The van der Waals surface area contributed by atoms with E-state index in [-0.39, 0.29) is 12.5 Å². The maximum atomic E-state index is 12.4. The van der Waals surface area contributed by atoms with Crippen molar-refractivity contribution >= 4 is 5.91 Å². The number of aromatic nitrogens is 3. The summed E-state index contributed by atoms with van der Waals surface area (Å²) in [6.07, 6.45) is 5.29. The van der Waals surface area contributed by atoms with E-state index in [2.05, 4.69) is 22.3 Å². The monoisotopic (exact) mass is 278 g/mol. The van der Waals surface area contributed by atoms with Crippen molar-refractivity contribution in [3.05, 3.63) is 11.9 Å². The third-order valence-corrected chi connectivity index (χ3v) is 4.59. The molecular weight excluding hydrogens is 256 g/mol. The second kappa shape index (κ2) is 5.49. The first-order chi connectivity index (χ1) is 9.67. The summed E-state index contributed by atoms with van der Waals surface area (Å²) in [4.78, 5) is 16.8. The Hall–Kier alpha value is -1.47. The van der Waals surface area contributed by atoms with Crippen LogP contribution in [0.1, 0.15) is 25.0 Å². The molecule has 1 aromatic rings. The molecule has 2 fully saturated rings. The molecule has 7 heteroatoms. The number of hydrogen-bond acceptors (Lipinski definition) is 5. The smallest absolute Gasteiger partial charge is 0.244 e. The number of nitrogens with two attached hydrogens (primary N) is 1.